The van der Waals surface area contributed by atoms with Crippen LogP contribution in [-0.4, -0.2) is 11.7 Å². The van der Waals surface area contributed by atoms with Crippen LogP contribution in [0.2, 0.25) is 0 Å². The molecule has 1 aliphatic carbocycles. The van der Waals surface area contributed by atoms with Crippen LogP contribution >= 0.6 is 0 Å². The van der Waals surface area contributed by atoms with E-state index in [9.17, 15) is 5.11 Å². The molecular formula is C20H25NO. The predicted molar refractivity (Wildman–Crippen MR) is 90.9 cm³/mol. The summed E-state index contributed by atoms with van der Waals surface area (Å²) in [7, 11) is 0. The SMILES string of the molecule is CC(NCC(O)c1ccccc1)c1ccc2c(c1)CCCC2. The average molecular weight is 295 g/mol. The van der Waals surface area contributed by atoms with Gasteiger partial charge in [-0.3, -0.25) is 0 Å². The Bertz CT molecular complexity index is 608. The number of aliphatic hydroxyl groups is 1. The van der Waals surface area contributed by atoms with Gasteiger partial charge < -0.3 is 10.4 Å². The lowest BCUT2D eigenvalue weighted by Crippen LogP contribution is -2.25. The fourth-order valence-corrected chi connectivity index (χ4v) is 3.22. The highest BCUT2D eigenvalue weighted by Gasteiger charge is 2.13. The van der Waals surface area contributed by atoms with Crippen LogP contribution in [-0.2, 0) is 12.8 Å². The van der Waals surface area contributed by atoms with Crippen LogP contribution in [0.1, 0.15) is 54.2 Å². The van der Waals surface area contributed by atoms with E-state index in [0.29, 0.717) is 6.54 Å². The van der Waals surface area contributed by atoms with Crippen molar-refractivity contribution >= 4 is 0 Å². The van der Waals surface area contributed by atoms with Crippen LogP contribution in [0.5, 0.6) is 0 Å². The van der Waals surface area contributed by atoms with E-state index in [4.69, 9.17) is 0 Å². The first-order valence-corrected chi connectivity index (χ1v) is 8.32. The van der Waals surface area contributed by atoms with Gasteiger partial charge in [0.05, 0.1) is 6.10 Å². The molecule has 0 radical (unpaired) electrons. The first kappa shape index (κ1) is 15.3. The molecule has 0 amide bonds. The van der Waals surface area contributed by atoms with E-state index in [-0.39, 0.29) is 6.04 Å². The Morgan fingerprint density at radius 2 is 1.68 bits per heavy atom. The Labute approximate surface area is 133 Å². The molecule has 0 fully saturated rings. The van der Waals surface area contributed by atoms with Gasteiger partial charge in [-0.2, -0.15) is 0 Å². The molecule has 0 aromatic heterocycles. The molecule has 22 heavy (non-hydrogen) atoms. The zero-order valence-electron chi connectivity index (χ0n) is 13.3. The molecule has 2 nitrogen and oxygen atoms in total. The molecule has 2 heteroatoms. The lowest BCUT2D eigenvalue weighted by Gasteiger charge is -2.21. The maximum atomic E-state index is 10.2. The maximum Gasteiger partial charge on any atom is 0.0914 e. The summed E-state index contributed by atoms with van der Waals surface area (Å²) in [5, 5.41) is 13.7. The predicted octanol–water partition coefficient (Wildman–Crippen LogP) is 3.95. The summed E-state index contributed by atoms with van der Waals surface area (Å²) < 4.78 is 0. The quantitative estimate of drug-likeness (QED) is 0.875. The smallest absolute Gasteiger partial charge is 0.0914 e. The van der Waals surface area contributed by atoms with Gasteiger partial charge in [-0.05, 0) is 54.9 Å². The number of hydrogen-bond acceptors (Lipinski definition) is 2. The number of benzene rings is 2. The first-order chi connectivity index (χ1) is 10.7. The standard InChI is InChI=1S/C20H25NO/c1-15(21-14-20(22)17-8-3-2-4-9-17)18-12-11-16-7-5-6-10-19(16)13-18/h2-4,8-9,11-13,15,20-22H,5-7,10,14H2,1H3. The minimum atomic E-state index is -0.457. The van der Waals surface area contributed by atoms with Crippen molar-refractivity contribution in [3.63, 3.8) is 0 Å². The second kappa shape index (κ2) is 7.08. The third-order valence-corrected chi connectivity index (χ3v) is 4.67. The summed E-state index contributed by atoms with van der Waals surface area (Å²) >= 11 is 0. The molecule has 0 heterocycles. The summed E-state index contributed by atoms with van der Waals surface area (Å²) in [6.07, 6.45) is 4.61. The highest BCUT2D eigenvalue weighted by atomic mass is 16.3. The molecule has 0 spiro atoms. The fourth-order valence-electron chi connectivity index (χ4n) is 3.22. The van der Waals surface area contributed by atoms with Crippen LogP contribution in [0, 0.1) is 0 Å². The minimum absolute atomic E-state index is 0.255. The second-order valence-corrected chi connectivity index (χ2v) is 6.29. The number of aryl methyl sites for hydroxylation is 2. The van der Waals surface area contributed by atoms with Crippen molar-refractivity contribution in [1.82, 2.24) is 5.32 Å². The second-order valence-electron chi connectivity index (χ2n) is 6.29. The number of fused-ring (bicyclic) bond motifs is 1. The minimum Gasteiger partial charge on any atom is -0.387 e. The Hall–Kier alpha value is -1.64. The summed E-state index contributed by atoms with van der Waals surface area (Å²) in [5.74, 6) is 0. The third-order valence-electron chi connectivity index (χ3n) is 4.67. The molecule has 1 aliphatic rings. The highest BCUT2D eigenvalue weighted by Crippen LogP contribution is 2.25. The van der Waals surface area contributed by atoms with Crippen LogP contribution in [0.3, 0.4) is 0 Å². The lowest BCUT2D eigenvalue weighted by atomic mass is 9.89. The summed E-state index contributed by atoms with van der Waals surface area (Å²) in [6, 6.07) is 17.0. The molecular weight excluding hydrogens is 270 g/mol. The van der Waals surface area contributed by atoms with Crippen LogP contribution < -0.4 is 5.32 Å². The topological polar surface area (TPSA) is 32.3 Å². The van der Waals surface area contributed by atoms with Crippen molar-refractivity contribution in [1.29, 1.82) is 0 Å². The van der Waals surface area contributed by atoms with Gasteiger partial charge in [0.15, 0.2) is 0 Å². The molecule has 0 saturated heterocycles. The fraction of sp³-hybridized carbons (Fsp3) is 0.400. The van der Waals surface area contributed by atoms with Crippen molar-refractivity contribution in [3.05, 3.63) is 70.8 Å². The normalized spacial score (nSPS) is 16.8. The molecule has 2 atom stereocenters. The van der Waals surface area contributed by atoms with E-state index in [0.717, 1.165) is 5.56 Å². The summed E-state index contributed by atoms with van der Waals surface area (Å²) in [4.78, 5) is 0. The Balaban J connectivity index is 1.61. The summed E-state index contributed by atoms with van der Waals surface area (Å²) in [5.41, 5.74) is 5.32. The van der Waals surface area contributed by atoms with Gasteiger partial charge in [0.2, 0.25) is 0 Å². The van der Waals surface area contributed by atoms with Gasteiger partial charge in [-0.15, -0.1) is 0 Å². The summed E-state index contributed by atoms with van der Waals surface area (Å²) in [6.45, 7) is 2.74. The van der Waals surface area contributed by atoms with Gasteiger partial charge in [0.1, 0.15) is 0 Å². The van der Waals surface area contributed by atoms with Gasteiger partial charge in [-0.1, -0.05) is 48.5 Å². The van der Waals surface area contributed by atoms with Crippen molar-refractivity contribution in [2.24, 2.45) is 0 Å². The lowest BCUT2D eigenvalue weighted by molar-refractivity contribution is 0.171. The molecule has 2 aromatic rings. The van der Waals surface area contributed by atoms with E-state index >= 15 is 0 Å². The molecule has 3 rings (SSSR count). The molecule has 0 aliphatic heterocycles. The highest BCUT2D eigenvalue weighted by molar-refractivity contribution is 5.35. The molecule has 0 bridgehead atoms. The zero-order chi connectivity index (χ0) is 15.4. The third kappa shape index (κ3) is 3.57. The largest absolute Gasteiger partial charge is 0.387 e. The molecule has 2 unspecified atom stereocenters. The van der Waals surface area contributed by atoms with Gasteiger partial charge in [-0.25, -0.2) is 0 Å². The molecule has 2 aromatic carbocycles. The monoisotopic (exact) mass is 295 g/mol. The molecule has 0 saturated carbocycles. The number of nitrogens with one attached hydrogen (secondary N) is 1. The average Bonchev–Trinajstić information content (AvgIpc) is 2.59. The van der Waals surface area contributed by atoms with Crippen LogP contribution in [0.4, 0.5) is 0 Å². The van der Waals surface area contributed by atoms with Gasteiger partial charge in [0, 0.05) is 12.6 Å². The van der Waals surface area contributed by atoms with E-state index < -0.39 is 6.10 Å². The van der Waals surface area contributed by atoms with Crippen molar-refractivity contribution in [2.45, 2.75) is 44.8 Å². The Morgan fingerprint density at radius 1 is 0.955 bits per heavy atom. The van der Waals surface area contributed by atoms with Gasteiger partial charge in [0.25, 0.3) is 0 Å². The first-order valence-electron chi connectivity index (χ1n) is 8.32. The van der Waals surface area contributed by atoms with Crippen molar-refractivity contribution in [3.8, 4) is 0 Å². The van der Waals surface area contributed by atoms with Crippen molar-refractivity contribution < 1.29 is 5.11 Å². The van der Waals surface area contributed by atoms with Crippen LogP contribution in [0.25, 0.3) is 0 Å². The van der Waals surface area contributed by atoms with E-state index in [2.05, 4.69) is 30.4 Å². The number of aliphatic hydroxyl groups excluding tert-OH is 1. The Morgan fingerprint density at radius 3 is 2.45 bits per heavy atom. The maximum absolute atomic E-state index is 10.2. The van der Waals surface area contributed by atoms with Gasteiger partial charge >= 0.3 is 0 Å². The number of hydrogen-bond donors (Lipinski definition) is 2. The molecule has 2 N–H and O–H groups in total. The van der Waals surface area contributed by atoms with E-state index in [1.165, 1.54) is 42.4 Å². The van der Waals surface area contributed by atoms with Crippen LogP contribution in [0.15, 0.2) is 48.5 Å². The zero-order valence-corrected chi connectivity index (χ0v) is 13.3. The molecule has 116 valence electrons. The van der Waals surface area contributed by atoms with Crippen molar-refractivity contribution in [2.75, 3.05) is 6.54 Å². The Kier molecular flexibility index (Phi) is 4.91. The van der Waals surface area contributed by atoms with E-state index in [1.54, 1.807) is 0 Å². The number of rotatable bonds is 5. The van der Waals surface area contributed by atoms with E-state index in [1.807, 2.05) is 30.3 Å².